The Morgan fingerprint density at radius 1 is 1.26 bits per heavy atom. The molecule has 23 heavy (non-hydrogen) atoms. The molecular formula is C17H16FN3O2. The predicted molar refractivity (Wildman–Crippen MR) is 84.4 cm³/mol. The van der Waals surface area contributed by atoms with Gasteiger partial charge in [0.15, 0.2) is 0 Å². The maximum atomic E-state index is 12.8. The van der Waals surface area contributed by atoms with E-state index in [-0.39, 0.29) is 11.7 Å². The summed E-state index contributed by atoms with van der Waals surface area (Å²) in [6.07, 6.45) is 1.27. The standard InChI is InChI=1S/C17H16FN3O2/c18-14-4-1-11(2-5-14)16(22)7-8-19-17(23)12-3-6-15-13(9-12)10-20-21-15/h1-6,9-10,16,22H,7-8H2,(H,19,23)(H,20,21). The molecule has 0 fully saturated rings. The topological polar surface area (TPSA) is 78.0 Å². The lowest BCUT2D eigenvalue weighted by Gasteiger charge is -2.11. The number of aliphatic hydroxyl groups is 1. The number of aromatic nitrogens is 2. The molecule has 0 bridgehead atoms. The number of hydrogen-bond donors (Lipinski definition) is 3. The van der Waals surface area contributed by atoms with E-state index in [9.17, 15) is 14.3 Å². The molecule has 1 atom stereocenters. The summed E-state index contributed by atoms with van der Waals surface area (Å²) in [5.41, 5.74) is 2.03. The van der Waals surface area contributed by atoms with Gasteiger partial charge >= 0.3 is 0 Å². The summed E-state index contributed by atoms with van der Waals surface area (Å²) in [7, 11) is 0. The van der Waals surface area contributed by atoms with Crippen molar-refractivity contribution in [2.24, 2.45) is 0 Å². The van der Waals surface area contributed by atoms with E-state index in [1.807, 2.05) is 0 Å². The van der Waals surface area contributed by atoms with Crippen LogP contribution in [0.4, 0.5) is 4.39 Å². The lowest BCUT2D eigenvalue weighted by atomic mass is 10.1. The van der Waals surface area contributed by atoms with Crippen LogP contribution in [0.2, 0.25) is 0 Å². The van der Waals surface area contributed by atoms with Gasteiger partial charge in [-0.15, -0.1) is 0 Å². The minimum atomic E-state index is -0.743. The van der Waals surface area contributed by atoms with Crippen LogP contribution in [0.15, 0.2) is 48.7 Å². The number of carbonyl (C=O) groups excluding carboxylic acids is 1. The number of hydrogen-bond acceptors (Lipinski definition) is 3. The van der Waals surface area contributed by atoms with E-state index in [0.29, 0.717) is 24.1 Å². The first-order chi connectivity index (χ1) is 11.1. The SMILES string of the molecule is O=C(NCCC(O)c1ccc(F)cc1)c1ccc2[nH]ncc2c1. The molecule has 118 valence electrons. The van der Waals surface area contributed by atoms with Crippen molar-refractivity contribution < 1.29 is 14.3 Å². The number of fused-ring (bicyclic) bond motifs is 1. The number of rotatable bonds is 5. The van der Waals surface area contributed by atoms with Crippen molar-refractivity contribution in [1.29, 1.82) is 0 Å². The Bertz CT molecular complexity index is 814. The van der Waals surface area contributed by atoms with Crippen LogP contribution in [0.25, 0.3) is 10.9 Å². The highest BCUT2D eigenvalue weighted by Crippen LogP contribution is 2.16. The van der Waals surface area contributed by atoms with Gasteiger partial charge in [-0.3, -0.25) is 9.89 Å². The van der Waals surface area contributed by atoms with Gasteiger partial charge in [0.2, 0.25) is 0 Å². The number of amides is 1. The molecule has 0 spiro atoms. The van der Waals surface area contributed by atoms with Crippen molar-refractivity contribution in [3.63, 3.8) is 0 Å². The highest BCUT2D eigenvalue weighted by molar-refractivity contribution is 5.97. The van der Waals surface area contributed by atoms with E-state index in [1.54, 1.807) is 24.4 Å². The molecule has 0 aliphatic rings. The highest BCUT2D eigenvalue weighted by Gasteiger charge is 2.10. The number of nitrogens with one attached hydrogen (secondary N) is 2. The van der Waals surface area contributed by atoms with Crippen molar-refractivity contribution in [3.8, 4) is 0 Å². The maximum Gasteiger partial charge on any atom is 0.251 e. The number of nitrogens with zero attached hydrogens (tertiary/aromatic N) is 1. The number of benzene rings is 2. The summed E-state index contributed by atoms with van der Waals surface area (Å²) in [4.78, 5) is 12.1. The van der Waals surface area contributed by atoms with Crippen molar-refractivity contribution in [3.05, 3.63) is 65.6 Å². The molecule has 6 heteroatoms. The van der Waals surface area contributed by atoms with Crippen LogP contribution in [0, 0.1) is 5.82 Å². The second-order valence-electron chi connectivity index (χ2n) is 5.28. The van der Waals surface area contributed by atoms with Crippen LogP contribution in [-0.2, 0) is 0 Å². The van der Waals surface area contributed by atoms with E-state index >= 15 is 0 Å². The van der Waals surface area contributed by atoms with E-state index in [0.717, 1.165) is 10.9 Å². The van der Waals surface area contributed by atoms with Gasteiger partial charge < -0.3 is 10.4 Å². The highest BCUT2D eigenvalue weighted by atomic mass is 19.1. The van der Waals surface area contributed by atoms with Crippen LogP contribution in [0.3, 0.4) is 0 Å². The first-order valence-electron chi connectivity index (χ1n) is 7.28. The first-order valence-corrected chi connectivity index (χ1v) is 7.28. The van der Waals surface area contributed by atoms with Crippen LogP contribution in [0.5, 0.6) is 0 Å². The number of aliphatic hydroxyl groups excluding tert-OH is 1. The van der Waals surface area contributed by atoms with Gasteiger partial charge in [0.05, 0.1) is 17.8 Å². The molecule has 2 aromatic carbocycles. The van der Waals surface area contributed by atoms with Crippen LogP contribution in [0.1, 0.15) is 28.4 Å². The van der Waals surface area contributed by atoms with Gasteiger partial charge in [-0.2, -0.15) is 5.10 Å². The average Bonchev–Trinajstić information content (AvgIpc) is 3.02. The minimum Gasteiger partial charge on any atom is -0.388 e. The first kappa shape index (κ1) is 15.2. The zero-order valence-corrected chi connectivity index (χ0v) is 12.3. The van der Waals surface area contributed by atoms with E-state index in [1.165, 1.54) is 24.3 Å². The smallest absolute Gasteiger partial charge is 0.251 e. The molecule has 0 saturated heterocycles. The molecule has 3 aromatic rings. The van der Waals surface area contributed by atoms with Gasteiger partial charge in [0.25, 0.3) is 5.91 Å². The largest absolute Gasteiger partial charge is 0.388 e. The van der Waals surface area contributed by atoms with Crippen LogP contribution < -0.4 is 5.32 Å². The van der Waals surface area contributed by atoms with Gasteiger partial charge in [0, 0.05) is 17.5 Å². The maximum absolute atomic E-state index is 12.8. The predicted octanol–water partition coefficient (Wildman–Crippen LogP) is 2.56. The second-order valence-corrected chi connectivity index (χ2v) is 5.28. The van der Waals surface area contributed by atoms with Crippen LogP contribution >= 0.6 is 0 Å². The molecule has 1 unspecified atom stereocenters. The van der Waals surface area contributed by atoms with Crippen molar-refractivity contribution >= 4 is 16.8 Å². The number of H-pyrrole nitrogens is 1. The number of aromatic amines is 1. The molecule has 0 saturated carbocycles. The average molecular weight is 313 g/mol. The molecule has 3 rings (SSSR count). The van der Waals surface area contributed by atoms with Gasteiger partial charge in [-0.05, 0) is 42.3 Å². The van der Waals surface area contributed by atoms with Crippen molar-refractivity contribution in [1.82, 2.24) is 15.5 Å². The Kier molecular flexibility index (Phi) is 4.34. The molecule has 3 N–H and O–H groups in total. The summed E-state index contributed by atoms with van der Waals surface area (Å²) >= 11 is 0. The Morgan fingerprint density at radius 3 is 2.83 bits per heavy atom. The Labute approximate surface area is 132 Å². The number of carbonyl (C=O) groups is 1. The Balaban J connectivity index is 1.55. The Morgan fingerprint density at radius 2 is 2.04 bits per heavy atom. The van der Waals surface area contributed by atoms with Gasteiger partial charge in [0.1, 0.15) is 5.82 Å². The molecule has 0 aliphatic carbocycles. The molecule has 0 aliphatic heterocycles. The third-order valence-electron chi connectivity index (χ3n) is 3.66. The lowest BCUT2D eigenvalue weighted by Crippen LogP contribution is -2.25. The van der Waals surface area contributed by atoms with E-state index < -0.39 is 6.10 Å². The molecule has 5 nitrogen and oxygen atoms in total. The number of halogens is 1. The fourth-order valence-electron chi connectivity index (χ4n) is 2.36. The van der Waals surface area contributed by atoms with Crippen LogP contribution in [-0.4, -0.2) is 27.8 Å². The minimum absolute atomic E-state index is 0.209. The monoisotopic (exact) mass is 313 g/mol. The van der Waals surface area contributed by atoms with Crippen molar-refractivity contribution in [2.75, 3.05) is 6.54 Å². The van der Waals surface area contributed by atoms with Gasteiger partial charge in [-0.1, -0.05) is 12.1 Å². The van der Waals surface area contributed by atoms with Crippen molar-refractivity contribution in [2.45, 2.75) is 12.5 Å². The third-order valence-corrected chi connectivity index (χ3v) is 3.66. The quantitative estimate of drug-likeness (QED) is 0.677. The summed E-state index contributed by atoms with van der Waals surface area (Å²) in [5, 5.41) is 20.4. The summed E-state index contributed by atoms with van der Waals surface area (Å²) in [5.74, 6) is -0.553. The Hall–Kier alpha value is -2.73. The molecule has 1 amide bonds. The summed E-state index contributed by atoms with van der Waals surface area (Å²) in [6.45, 7) is 0.320. The third kappa shape index (κ3) is 3.54. The summed E-state index contributed by atoms with van der Waals surface area (Å²) < 4.78 is 12.8. The lowest BCUT2D eigenvalue weighted by molar-refractivity contribution is 0.0943. The molecular weight excluding hydrogens is 297 g/mol. The van der Waals surface area contributed by atoms with E-state index in [4.69, 9.17) is 0 Å². The van der Waals surface area contributed by atoms with Gasteiger partial charge in [-0.25, -0.2) is 4.39 Å². The zero-order valence-electron chi connectivity index (χ0n) is 12.3. The fourth-order valence-corrected chi connectivity index (χ4v) is 2.36. The van der Waals surface area contributed by atoms with E-state index in [2.05, 4.69) is 15.5 Å². The molecule has 1 aromatic heterocycles. The second kappa shape index (κ2) is 6.58. The zero-order chi connectivity index (χ0) is 16.2. The summed E-state index contributed by atoms with van der Waals surface area (Å²) in [6, 6.07) is 10.9. The molecule has 0 radical (unpaired) electrons. The molecule has 1 heterocycles. The fraction of sp³-hybridized carbons (Fsp3) is 0.176. The normalized spacial score (nSPS) is 12.3.